The summed E-state index contributed by atoms with van der Waals surface area (Å²) in [5.74, 6) is 0.111. The first kappa shape index (κ1) is 24.1. The fourth-order valence-corrected chi connectivity index (χ4v) is 5.11. The Balaban J connectivity index is 1.90. The second kappa shape index (κ2) is 10.4. The van der Waals surface area contributed by atoms with Crippen LogP contribution in [0.15, 0.2) is 70.9 Å². The molecule has 1 heterocycles. The molecule has 2 atom stereocenters. The average molecular weight is 473 g/mol. The molecule has 0 aliphatic carbocycles. The van der Waals surface area contributed by atoms with Crippen LogP contribution in [0.3, 0.4) is 0 Å². The fourth-order valence-electron chi connectivity index (χ4n) is 3.29. The fraction of sp³-hybridized carbons (Fsp3) is 0.292. The van der Waals surface area contributed by atoms with Gasteiger partial charge in [0.1, 0.15) is 0 Å². The monoisotopic (exact) mass is 472 g/mol. The summed E-state index contributed by atoms with van der Waals surface area (Å²) < 4.78 is 25.9. The number of benzene rings is 2. The Kier molecular flexibility index (Phi) is 7.84. The topological polar surface area (TPSA) is 75.7 Å². The van der Waals surface area contributed by atoms with E-state index >= 15 is 0 Å². The second-order valence-electron chi connectivity index (χ2n) is 7.52. The van der Waals surface area contributed by atoms with Crippen molar-refractivity contribution in [3.8, 4) is 0 Å². The number of hydrogen-bond donors (Lipinski definition) is 1. The molecular weight excluding hydrogens is 444 g/mol. The van der Waals surface area contributed by atoms with Crippen LogP contribution in [0.25, 0.3) is 0 Å². The summed E-state index contributed by atoms with van der Waals surface area (Å²) in [5, 5.41) is 5.04. The summed E-state index contributed by atoms with van der Waals surface area (Å²) in [6.45, 7) is 4.35. The first-order chi connectivity index (χ1) is 15.3. The van der Waals surface area contributed by atoms with Crippen LogP contribution in [0, 0.1) is 0 Å². The van der Waals surface area contributed by atoms with E-state index in [0.717, 1.165) is 21.3 Å². The number of thiophene rings is 1. The third-order valence-corrected chi connectivity index (χ3v) is 8.16. The molecule has 2 aromatic carbocycles. The summed E-state index contributed by atoms with van der Waals surface area (Å²) >= 11 is 1.56. The standard InChI is InChI=1S/C24H28N2O4S2/c1-5-17(2)18-11-13-19(14-12-18)23(22-10-7-15-31-22)25-24(27)20-8-6-9-21(16-20)32(28,29)26(3)30-4/h6-17,23H,5H2,1-4H3,(H,25,27). The van der Waals surface area contributed by atoms with Gasteiger partial charge in [-0.15, -0.1) is 11.3 Å². The van der Waals surface area contributed by atoms with Gasteiger partial charge in [-0.2, -0.15) is 0 Å². The van der Waals surface area contributed by atoms with Crippen LogP contribution in [0.1, 0.15) is 58.6 Å². The molecule has 32 heavy (non-hydrogen) atoms. The van der Waals surface area contributed by atoms with Crippen LogP contribution < -0.4 is 5.32 Å². The Bertz CT molecular complexity index is 1140. The molecule has 8 heteroatoms. The normalized spacial score (nSPS) is 13.7. The van der Waals surface area contributed by atoms with E-state index in [1.54, 1.807) is 23.5 Å². The van der Waals surface area contributed by atoms with Gasteiger partial charge in [0, 0.05) is 17.5 Å². The minimum Gasteiger partial charge on any atom is -0.340 e. The van der Waals surface area contributed by atoms with Crippen molar-refractivity contribution in [2.75, 3.05) is 14.2 Å². The molecule has 0 aliphatic rings. The smallest absolute Gasteiger partial charge is 0.264 e. The Labute approximate surface area is 193 Å². The highest BCUT2D eigenvalue weighted by molar-refractivity contribution is 7.89. The van der Waals surface area contributed by atoms with Gasteiger partial charge < -0.3 is 5.32 Å². The quantitative estimate of drug-likeness (QED) is 0.447. The highest BCUT2D eigenvalue weighted by atomic mass is 32.2. The van der Waals surface area contributed by atoms with Crippen molar-refractivity contribution in [1.82, 2.24) is 9.79 Å². The van der Waals surface area contributed by atoms with Crippen LogP contribution in [0.2, 0.25) is 0 Å². The maximum absolute atomic E-state index is 13.1. The van der Waals surface area contributed by atoms with E-state index in [4.69, 9.17) is 4.84 Å². The molecular formula is C24H28N2O4S2. The number of carbonyl (C=O) groups excluding carboxylic acids is 1. The molecule has 0 radical (unpaired) electrons. The maximum Gasteiger partial charge on any atom is 0.264 e. The highest BCUT2D eigenvalue weighted by Gasteiger charge is 2.23. The van der Waals surface area contributed by atoms with E-state index in [0.29, 0.717) is 5.92 Å². The van der Waals surface area contributed by atoms with Crippen molar-refractivity contribution < 1.29 is 18.0 Å². The van der Waals surface area contributed by atoms with Gasteiger partial charge in [0.05, 0.1) is 18.0 Å². The van der Waals surface area contributed by atoms with Crippen molar-refractivity contribution in [2.24, 2.45) is 0 Å². The molecule has 1 aromatic heterocycles. The predicted octanol–water partition coefficient (Wildman–Crippen LogP) is 4.96. The van der Waals surface area contributed by atoms with Gasteiger partial charge >= 0.3 is 0 Å². The first-order valence-electron chi connectivity index (χ1n) is 10.3. The molecule has 0 aliphatic heterocycles. The summed E-state index contributed by atoms with van der Waals surface area (Å²) in [5.41, 5.74) is 2.48. The molecule has 0 saturated heterocycles. The van der Waals surface area contributed by atoms with Crippen LogP contribution in [0.4, 0.5) is 0 Å². The lowest BCUT2D eigenvalue weighted by molar-refractivity contribution is -0.0258. The zero-order valence-electron chi connectivity index (χ0n) is 18.6. The van der Waals surface area contributed by atoms with Crippen molar-refractivity contribution >= 4 is 27.3 Å². The molecule has 0 saturated carbocycles. The van der Waals surface area contributed by atoms with Gasteiger partial charge in [-0.1, -0.05) is 54.7 Å². The van der Waals surface area contributed by atoms with E-state index in [9.17, 15) is 13.2 Å². The Morgan fingerprint density at radius 1 is 1.09 bits per heavy atom. The molecule has 1 N–H and O–H groups in total. The number of nitrogens with zero attached hydrogens (tertiary/aromatic N) is 1. The summed E-state index contributed by atoms with van der Waals surface area (Å²) in [4.78, 5) is 18.9. The number of rotatable bonds is 9. The highest BCUT2D eigenvalue weighted by Crippen LogP contribution is 2.28. The molecule has 0 fully saturated rings. The Hall–Kier alpha value is -2.52. The predicted molar refractivity (Wildman–Crippen MR) is 127 cm³/mol. The minimum absolute atomic E-state index is 0.0138. The van der Waals surface area contributed by atoms with Crippen molar-refractivity contribution in [3.05, 3.63) is 87.6 Å². The van der Waals surface area contributed by atoms with Crippen LogP contribution in [-0.2, 0) is 14.9 Å². The van der Waals surface area contributed by atoms with Gasteiger partial charge in [0.2, 0.25) is 0 Å². The number of carbonyl (C=O) groups is 1. The van der Waals surface area contributed by atoms with E-state index in [1.165, 1.54) is 31.9 Å². The molecule has 0 spiro atoms. The van der Waals surface area contributed by atoms with E-state index in [2.05, 4.69) is 31.3 Å². The zero-order valence-corrected chi connectivity index (χ0v) is 20.2. The van der Waals surface area contributed by atoms with Crippen molar-refractivity contribution in [1.29, 1.82) is 0 Å². The number of amides is 1. The van der Waals surface area contributed by atoms with Crippen LogP contribution in [-0.4, -0.2) is 33.0 Å². The zero-order chi connectivity index (χ0) is 23.3. The molecule has 170 valence electrons. The number of hydroxylamine groups is 1. The van der Waals surface area contributed by atoms with Crippen LogP contribution in [0.5, 0.6) is 0 Å². The maximum atomic E-state index is 13.1. The lowest BCUT2D eigenvalue weighted by atomic mass is 9.95. The molecule has 3 aromatic rings. The molecule has 3 rings (SSSR count). The van der Waals surface area contributed by atoms with Gasteiger partial charge in [0.25, 0.3) is 15.9 Å². The van der Waals surface area contributed by atoms with Gasteiger partial charge in [-0.3, -0.25) is 9.63 Å². The van der Waals surface area contributed by atoms with Gasteiger partial charge in [0.15, 0.2) is 0 Å². The average Bonchev–Trinajstić information content (AvgIpc) is 3.36. The SMILES string of the molecule is CCC(C)c1ccc(C(NC(=O)c2cccc(S(=O)(=O)N(C)OC)c2)c2cccs2)cc1. The third-order valence-electron chi connectivity index (χ3n) is 5.54. The van der Waals surface area contributed by atoms with Crippen molar-refractivity contribution in [3.63, 3.8) is 0 Å². The number of sulfonamides is 1. The Morgan fingerprint density at radius 3 is 2.38 bits per heavy atom. The molecule has 6 nitrogen and oxygen atoms in total. The minimum atomic E-state index is -3.85. The van der Waals surface area contributed by atoms with Crippen LogP contribution >= 0.6 is 11.3 Å². The summed E-state index contributed by atoms with van der Waals surface area (Å²) in [7, 11) is -1.28. The molecule has 2 unspecified atom stereocenters. The summed E-state index contributed by atoms with van der Waals surface area (Å²) in [6.07, 6.45) is 1.06. The van der Waals surface area contributed by atoms with E-state index in [1.807, 2.05) is 29.6 Å². The lowest BCUT2D eigenvalue weighted by Gasteiger charge is -2.20. The van der Waals surface area contributed by atoms with Gasteiger partial charge in [-0.25, -0.2) is 8.42 Å². The van der Waals surface area contributed by atoms with Crippen molar-refractivity contribution in [2.45, 2.75) is 37.1 Å². The van der Waals surface area contributed by atoms with Gasteiger partial charge in [-0.05, 0) is 53.1 Å². The summed E-state index contributed by atoms with van der Waals surface area (Å²) in [6, 6.07) is 17.8. The molecule has 1 amide bonds. The number of nitrogens with one attached hydrogen (secondary N) is 1. The number of hydrogen-bond acceptors (Lipinski definition) is 5. The largest absolute Gasteiger partial charge is 0.340 e. The van der Waals surface area contributed by atoms with E-state index < -0.39 is 10.0 Å². The first-order valence-corrected chi connectivity index (χ1v) is 12.7. The van der Waals surface area contributed by atoms with E-state index in [-0.39, 0.29) is 22.4 Å². The Morgan fingerprint density at radius 2 is 1.78 bits per heavy atom. The second-order valence-corrected chi connectivity index (χ2v) is 10.4. The molecule has 0 bridgehead atoms. The lowest BCUT2D eigenvalue weighted by Crippen LogP contribution is -2.29. The third kappa shape index (κ3) is 5.27.